The Morgan fingerprint density at radius 2 is 1.39 bits per heavy atom. The number of carbonyl (C=O) groups excluding carboxylic acids is 1. The highest BCUT2D eigenvalue weighted by molar-refractivity contribution is 5.73. The lowest BCUT2D eigenvalue weighted by molar-refractivity contribution is -0.162. The fraction of sp³-hybridized carbons (Fsp3) is 0.457. The van der Waals surface area contributed by atoms with Crippen LogP contribution in [-0.4, -0.2) is 79.8 Å². The van der Waals surface area contributed by atoms with Gasteiger partial charge in [0.1, 0.15) is 23.4 Å². The summed E-state index contributed by atoms with van der Waals surface area (Å²) in [4.78, 5) is 16.0. The first-order chi connectivity index (χ1) is 22.3. The molecule has 11 nitrogen and oxygen atoms in total. The number of nitrogens with zero attached hydrogens (tertiary/aromatic N) is 1. The van der Waals surface area contributed by atoms with Crippen molar-refractivity contribution in [1.29, 1.82) is 0 Å². The Kier molecular flexibility index (Phi) is 10.5. The number of hydrogen-bond donors (Lipinski definition) is 0. The number of methoxy groups -OCH3 is 7. The van der Waals surface area contributed by atoms with Crippen molar-refractivity contribution < 1.29 is 47.4 Å². The summed E-state index contributed by atoms with van der Waals surface area (Å²) in [5.41, 5.74) is 2.65. The van der Waals surface area contributed by atoms with Crippen molar-refractivity contribution in [2.24, 2.45) is 5.92 Å². The predicted molar refractivity (Wildman–Crippen MR) is 170 cm³/mol. The summed E-state index contributed by atoms with van der Waals surface area (Å²) in [5.74, 6) is 4.31. The molecule has 0 N–H and O–H groups in total. The van der Waals surface area contributed by atoms with Crippen LogP contribution in [0.1, 0.15) is 35.6 Å². The summed E-state index contributed by atoms with van der Waals surface area (Å²) >= 11 is 0. The van der Waals surface area contributed by atoms with E-state index in [1.54, 1.807) is 49.8 Å². The summed E-state index contributed by atoms with van der Waals surface area (Å²) in [6.07, 6.45) is 0.572. The van der Waals surface area contributed by atoms with Gasteiger partial charge >= 0.3 is 5.97 Å². The van der Waals surface area contributed by atoms with Gasteiger partial charge in [-0.2, -0.15) is 0 Å². The monoisotopic (exact) mass is 637 g/mol. The second-order valence-corrected chi connectivity index (χ2v) is 11.2. The van der Waals surface area contributed by atoms with Crippen molar-refractivity contribution in [2.45, 2.75) is 38.0 Å². The predicted octanol–water partition coefficient (Wildman–Crippen LogP) is 5.25. The number of carbonyl (C=O) groups is 1. The van der Waals surface area contributed by atoms with E-state index >= 15 is 0 Å². The fourth-order valence-corrected chi connectivity index (χ4v) is 6.20. The second-order valence-electron chi connectivity index (χ2n) is 11.2. The van der Waals surface area contributed by atoms with Gasteiger partial charge in [-0.3, -0.25) is 9.69 Å². The van der Waals surface area contributed by atoms with Crippen LogP contribution in [0.5, 0.6) is 46.0 Å². The van der Waals surface area contributed by atoms with Gasteiger partial charge in [0.2, 0.25) is 5.75 Å². The molecule has 1 saturated heterocycles. The van der Waals surface area contributed by atoms with E-state index in [1.807, 2.05) is 42.5 Å². The van der Waals surface area contributed by atoms with Crippen LogP contribution in [0.3, 0.4) is 0 Å². The van der Waals surface area contributed by atoms with Crippen molar-refractivity contribution >= 4 is 5.97 Å². The number of likely N-dealkylation sites (tertiary alicyclic amines) is 1. The van der Waals surface area contributed by atoms with Gasteiger partial charge in [-0.25, -0.2) is 0 Å². The van der Waals surface area contributed by atoms with Crippen LogP contribution in [-0.2, 0) is 22.5 Å². The van der Waals surface area contributed by atoms with Crippen molar-refractivity contribution in [3.63, 3.8) is 0 Å². The molecule has 2 atom stereocenters. The number of esters is 1. The maximum absolute atomic E-state index is 13.7. The fourth-order valence-electron chi connectivity index (χ4n) is 6.20. The molecule has 3 aromatic rings. The minimum atomic E-state index is -0.599. The Balaban J connectivity index is 1.32. The molecule has 46 heavy (non-hydrogen) atoms. The van der Waals surface area contributed by atoms with E-state index < -0.39 is 12.2 Å². The topological polar surface area (TPSA) is 103 Å². The quantitative estimate of drug-likeness (QED) is 0.244. The molecule has 3 aromatic carbocycles. The molecule has 248 valence electrons. The molecule has 0 spiro atoms. The summed E-state index contributed by atoms with van der Waals surface area (Å²) in [5, 5.41) is 0. The van der Waals surface area contributed by atoms with E-state index in [9.17, 15) is 4.79 Å². The molecule has 0 radical (unpaired) electrons. The molecule has 2 heterocycles. The molecule has 0 unspecified atom stereocenters. The number of benzene rings is 3. The van der Waals surface area contributed by atoms with E-state index in [4.69, 9.17) is 42.6 Å². The van der Waals surface area contributed by atoms with Gasteiger partial charge in [0.25, 0.3) is 0 Å². The first kappa shape index (κ1) is 32.9. The highest BCUT2D eigenvalue weighted by atomic mass is 16.6. The summed E-state index contributed by atoms with van der Waals surface area (Å²) in [7, 11) is 11.2. The first-order valence-corrected chi connectivity index (χ1v) is 15.2. The van der Waals surface area contributed by atoms with Gasteiger partial charge in [0.05, 0.1) is 55.7 Å². The molecule has 2 aliphatic heterocycles. The van der Waals surface area contributed by atoms with Crippen LogP contribution >= 0.6 is 0 Å². The van der Waals surface area contributed by atoms with Gasteiger partial charge < -0.3 is 42.6 Å². The Labute approximate surface area is 270 Å². The minimum absolute atomic E-state index is 0.234. The zero-order valence-corrected chi connectivity index (χ0v) is 27.5. The molecule has 5 rings (SSSR count). The Morgan fingerprint density at radius 3 is 1.98 bits per heavy atom. The lowest BCUT2D eigenvalue weighted by Gasteiger charge is -2.36. The summed E-state index contributed by atoms with van der Waals surface area (Å²) in [6, 6.07) is 13.1. The average molecular weight is 638 g/mol. The van der Waals surface area contributed by atoms with Crippen LogP contribution < -0.4 is 37.9 Å². The van der Waals surface area contributed by atoms with E-state index in [2.05, 4.69) is 4.90 Å². The Morgan fingerprint density at radius 1 is 0.739 bits per heavy atom. The molecule has 2 aliphatic rings. The van der Waals surface area contributed by atoms with Gasteiger partial charge in [-0.1, -0.05) is 6.07 Å². The molecule has 1 fully saturated rings. The third kappa shape index (κ3) is 6.84. The van der Waals surface area contributed by atoms with Crippen molar-refractivity contribution in [2.75, 3.05) is 62.9 Å². The molecular weight excluding hydrogens is 594 g/mol. The number of hydrogen-bond acceptors (Lipinski definition) is 11. The Hall–Kier alpha value is -4.51. The highest BCUT2D eigenvalue weighted by Crippen LogP contribution is 2.45. The third-order valence-corrected chi connectivity index (χ3v) is 8.65. The molecule has 0 bridgehead atoms. The Bertz CT molecular complexity index is 1490. The molecule has 0 aromatic heterocycles. The van der Waals surface area contributed by atoms with E-state index in [-0.39, 0.29) is 11.9 Å². The van der Waals surface area contributed by atoms with Crippen molar-refractivity contribution in [1.82, 2.24) is 4.90 Å². The summed E-state index contributed by atoms with van der Waals surface area (Å²) < 4.78 is 51.5. The zero-order valence-electron chi connectivity index (χ0n) is 27.5. The molecule has 0 aliphatic carbocycles. The van der Waals surface area contributed by atoms with E-state index in [0.29, 0.717) is 71.8 Å². The lowest BCUT2D eigenvalue weighted by atomic mass is 9.92. The van der Waals surface area contributed by atoms with Crippen LogP contribution in [0, 0.1) is 5.92 Å². The van der Waals surface area contributed by atoms with Crippen LogP contribution in [0.4, 0.5) is 0 Å². The van der Waals surface area contributed by atoms with Gasteiger partial charge in [0, 0.05) is 36.2 Å². The van der Waals surface area contributed by atoms with E-state index in [0.717, 1.165) is 29.8 Å². The third-order valence-electron chi connectivity index (χ3n) is 8.65. The number of ether oxygens (including phenoxy) is 9. The van der Waals surface area contributed by atoms with Gasteiger partial charge in [0.15, 0.2) is 29.1 Å². The normalized spacial score (nSPS) is 18.1. The highest BCUT2D eigenvalue weighted by Gasteiger charge is 2.38. The van der Waals surface area contributed by atoms with Crippen LogP contribution in [0.15, 0.2) is 42.5 Å². The lowest BCUT2D eigenvalue weighted by Crippen LogP contribution is -2.40. The molecular formula is C35H43NO10. The zero-order chi connectivity index (χ0) is 32.8. The van der Waals surface area contributed by atoms with Gasteiger partial charge in [-0.05, 0) is 55.8 Å². The largest absolute Gasteiger partial charge is 0.496 e. The molecule has 0 amide bonds. The summed E-state index contributed by atoms with van der Waals surface area (Å²) in [6.45, 7) is 2.18. The van der Waals surface area contributed by atoms with Crippen molar-refractivity contribution in [3.8, 4) is 46.0 Å². The maximum Gasteiger partial charge on any atom is 0.309 e. The average Bonchev–Trinajstić information content (AvgIpc) is 3.10. The number of rotatable bonds is 12. The van der Waals surface area contributed by atoms with Gasteiger partial charge in [-0.15, -0.1) is 0 Å². The molecule has 11 heteroatoms. The SMILES string of the molecule is COc1cc(OC)c2c(c1)O[C@H](c1ccc(OC)c(OC)c1)[C@@H](OC(=O)C1CCN(Cc3cc(OC)c(OC)c(OC)c3)CC1)C2. The number of fused-ring (bicyclic) bond motifs is 1. The number of piperidine rings is 1. The maximum atomic E-state index is 13.7. The minimum Gasteiger partial charge on any atom is -0.496 e. The van der Waals surface area contributed by atoms with Crippen molar-refractivity contribution in [3.05, 3.63) is 59.2 Å². The standard InChI is InChI=1S/C35H43NO10/c1-38-24-17-27(40-3)25-19-32(33(45-28(25)18-24)23-8-9-26(39-2)29(16-23)41-4)46-35(37)22-10-12-36(13-11-22)20-21-14-30(42-5)34(44-7)31(15-21)43-6/h8-9,14-18,22,32-33H,10-13,19-20H2,1-7H3/t32-,33+/m0/s1. The smallest absolute Gasteiger partial charge is 0.309 e. The van der Waals surface area contributed by atoms with Crippen LogP contribution in [0.2, 0.25) is 0 Å². The first-order valence-electron chi connectivity index (χ1n) is 15.2. The molecule has 0 saturated carbocycles. The second kappa shape index (κ2) is 14.7. The van der Waals surface area contributed by atoms with Crippen LogP contribution in [0.25, 0.3) is 0 Å². The van der Waals surface area contributed by atoms with E-state index in [1.165, 1.54) is 0 Å².